The number of nitrogens with zero attached hydrogens (tertiary/aromatic N) is 3. The van der Waals surface area contributed by atoms with E-state index in [1.807, 2.05) is 25.1 Å². The Morgan fingerprint density at radius 3 is 2.69 bits per heavy atom. The number of amides is 1. The lowest BCUT2D eigenvalue weighted by Crippen LogP contribution is -2.34. The predicted molar refractivity (Wildman–Crippen MR) is 122 cm³/mol. The van der Waals surface area contributed by atoms with Crippen LogP contribution in [-0.2, 0) is 11.2 Å². The molecule has 9 heteroatoms. The Kier molecular flexibility index (Phi) is 6.65. The van der Waals surface area contributed by atoms with Gasteiger partial charge in [-0.3, -0.25) is 14.7 Å². The van der Waals surface area contributed by atoms with Crippen molar-refractivity contribution in [3.8, 4) is 11.4 Å². The molecule has 0 spiro atoms. The lowest BCUT2D eigenvalue weighted by molar-refractivity contribution is -0.119. The van der Waals surface area contributed by atoms with Gasteiger partial charge in [0.15, 0.2) is 16.6 Å². The maximum Gasteiger partial charge on any atom is 0.266 e. The molecule has 1 amide bonds. The van der Waals surface area contributed by atoms with Crippen LogP contribution in [0.2, 0.25) is 0 Å². The van der Waals surface area contributed by atoms with Crippen LogP contribution in [0.15, 0.2) is 70.6 Å². The van der Waals surface area contributed by atoms with Gasteiger partial charge in [0.1, 0.15) is 5.82 Å². The number of H-pyrrole nitrogens is 1. The molecule has 164 valence electrons. The van der Waals surface area contributed by atoms with E-state index in [0.717, 1.165) is 24.6 Å². The maximum atomic E-state index is 14.2. The zero-order chi connectivity index (χ0) is 22.5. The largest absolute Gasteiger partial charge is 0.353 e. The summed E-state index contributed by atoms with van der Waals surface area (Å²) in [5.41, 5.74) is 1.40. The van der Waals surface area contributed by atoms with E-state index < -0.39 is 5.82 Å². The van der Waals surface area contributed by atoms with Crippen molar-refractivity contribution in [3.63, 3.8) is 0 Å². The topological polar surface area (TPSA) is 92.2 Å². The van der Waals surface area contributed by atoms with E-state index in [4.69, 9.17) is 0 Å². The summed E-state index contributed by atoms with van der Waals surface area (Å²) >= 11 is 1.15. The van der Waals surface area contributed by atoms with Crippen molar-refractivity contribution in [2.24, 2.45) is 0 Å². The second kappa shape index (κ2) is 9.78. The zero-order valence-corrected chi connectivity index (χ0v) is 18.2. The molecule has 4 rings (SSSR count). The molecule has 0 aliphatic carbocycles. The standard InChI is InChI=1S/C23H22FN5O2S/c1-15(11-12-16-7-3-2-4-8-16)25-21(31)14-32-23-27-22(17-9-5-6-10-18(17)24)26-19-13-20(30)28-29(19)23/h2-10,13,15H,11-12,14H2,1H3,(H,25,31)(H,28,30). The van der Waals surface area contributed by atoms with E-state index in [1.54, 1.807) is 18.2 Å². The van der Waals surface area contributed by atoms with Crippen molar-refractivity contribution in [1.82, 2.24) is 24.9 Å². The molecule has 1 unspecified atom stereocenters. The second-order valence-electron chi connectivity index (χ2n) is 7.41. The van der Waals surface area contributed by atoms with Crippen LogP contribution in [0.25, 0.3) is 17.0 Å². The Hall–Kier alpha value is -3.46. The van der Waals surface area contributed by atoms with Crippen LogP contribution < -0.4 is 10.9 Å². The van der Waals surface area contributed by atoms with Crippen molar-refractivity contribution in [1.29, 1.82) is 0 Å². The van der Waals surface area contributed by atoms with Gasteiger partial charge in [-0.2, -0.15) is 0 Å². The number of hydrogen-bond acceptors (Lipinski definition) is 5. The molecule has 0 fully saturated rings. The second-order valence-corrected chi connectivity index (χ2v) is 8.35. The number of rotatable bonds is 8. The molecule has 0 saturated heterocycles. The summed E-state index contributed by atoms with van der Waals surface area (Å²) < 4.78 is 15.6. The first-order valence-corrected chi connectivity index (χ1v) is 11.2. The van der Waals surface area contributed by atoms with Crippen molar-refractivity contribution >= 4 is 23.3 Å². The normalized spacial score (nSPS) is 12.1. The van der Waals surface area contributed by atoms with Crippen molar-refractivity contribution in [3.05, 3.63) is 82.4 Å². The number of hydrogen-bond donors (Lipinski definition) is 2. The number of nitrogens with one attached hydrogen (secondary N) is 2. The molecule has 32 heavy (non-hydrogen) atoms. The molecule has 7 nitrogen and oxygen atoms in total. The first-order chi connectivity index (χ1) is 15.5. The molecule has 0 aliphatic rings. The van der Waals surface area contributed by atoms with Gasteiger partial charge in [-0.1, -0.05) is 54.2 Å². The quantitative estimate of drug-likeness (QED) is 0.401. The van der Waals surface area contributed by atoms with Gasteiger partial charge in [0.25, 0.3) is 5.56 Å². The molecule has 4 aromatic rings. The number of thioether (sulfide) groups is 1. The van der Waals surface area contributed by atoms with E-state index >= 15 is 0 Å². The predicted octanol–water partition coefficient (Wildman–Crippen LogP) is 3.45. The molecule has 1 atom stereocenters. The lowest BCUT2D eigenvalue weighted by Gasteiger charge is -2.14. The minimum absolute atomic E-state index is 0.00841. The fourth-order valence-electron chi connectivity index (χ4n) is 3.29. The van der Waals surface area contributed by atoms with Gasteiger partial charge in [0.2, 0.25) is 5.91 Å². The first kappa shape index (κ1) is 21.8. The number of benzene rings is 2. The summed E-state index contributed by atoms with van der Waals surface area (Å²) in [5, 5.41) is 5.95. The van der Waals surface area contributed by atoms with Gasteiger partial charge in [-0.15, -0.1) is 0 Å². The molecular formula is C23H22FN5O2S. The van der Waals surface area contributed by atoms with Crippen LogP contribution in [0.5, 0.6) is 0 Å². The summed E-state index contributed by atoms with van der Waals surface area (Å²) in [4.78, 5) is 33.0. The van der Waals surface area contributed by atoms with Crippen LogP contribution >= 0.6 is 11.8 Å². The van der Waals surface area contributed by atoms with Gasteiger partial charge < -0.3 is 5.32 Å². The third kappa shape index (κ3) is 5.23. The molecule has 2 aromatic heterocycles. The van der Waals surface area contributed by atoms with E-state index in [-0.39, 0.29) is 34.6 Å². The number of halogens is 1. The van der Waals surface area contributed by atoms with E-state index in [1.165, 1.54) is 22.2 Å². The maximum absolute atomic E-state index is 14.2. The zero-order valence-electron chi connectivity index (χ0n) is 17.4. The highest BCUT2D eigenvalue weighted by Crippen LogP contribution is 2.23. The number of aromatic nitrogens is 4. The summed E-state index contributed by atoms with van der Waals surface area (Å²) in [6.07, 6.45) is 1.69. The molecule has 0 aliphatic heterocycles. The third-order valence-corrected chi connectivity index (χ3v) is 5.83. The average molecular weight is 452 g/mol. The van der Waals surface area contributed by atoms with Crippen LogP contribution in [-0.4, -0.2) is 37.3 Å². The van der Waals surface area contributed by atoms with E-state index in [0.29, 0.717) is 10.8 Å². The SMILES string of the molecule is CC(CCc1ccccc1)NC(=O)CSc1nc(-c2ccccc2F)nc2cc(=O)[nH]n12. The molecule has 0 radical (unpaired) electrons. The van der Waals surface area contributed by atoms with Gasteiger partial charge in [-0.25, -0.2) is 18.9 Å². The Balaban J connectivity index is 1.44. The average Bonchev–Trinajstić information content (AvgIpc) is 3.17. The monoisotopic (exact) mass is 451 g/mol. The van der Waals surface area contributed by atoms with Gasteiger partial charge >= 0.3 is 0 Å². The first-order valence-electron chi connectivity index (χ1n) is 10.2. The van der Waals surface area contributed by atoms with Crippen LogP contribution in [0.1, 0.15) is 18.9 Å². The lowest BCUT2D eigenvalue weighted by atomic mass is 10.1. The highest BCUT2D eigenvalue weighted by molar-refractivity contribution is 7.99. The molecule has 0 bridgehead atoms. The summed E-state index contributed by atoms with van der Waals surface area (Å²) in [6, 6.07) is 17.6. The van der Waals surface area contributed by atoms with E-state index in [9.17, 15) is 14.0 Å². The Bertz CT molecular complexity index is 1290. The summed E-state index contributed by atoms with van der Waals surface area (Å²) in [5.74, 6) is -0.361. The van der Waals surface area contributed by atoms with E-state index in [2.05, 4.69) is 32.5 Å². The summed E-state index contributed by atoms with van der Waals surface area (Å²) in [7, 11) is 0. The molecular weight excluding hydrogens is 429 g/mol. The van der Waals surface area contributed by atoms with Gasteiger partial charge in [0.05, 0.1) is 11.3 Å². The number of fused-ring (bicyclic) bond motifs is 1. The molecule has 2 heterocycles. The van der Waals surface area contributed by atoms with Gasteiger partial charge in [-0.05, 0) is 37.5 Å². The van der Waals surface area contributed by atoms with Crippen LogP contribution in [0.3, 0.4) is 0 Å². The fraction of sp³-hybridized carbons (Fsp3) is 0.217. The highest BCUT2D eigenvalue weighted by atomic mass is 32.2. The van der Waals surface area contributed by atoms with Crippen molar-refractivity contribution in [2.75, 3.05) is 5.75 Å². The minimum atomic E-state index is -0.462. The number of carbonyl (C=O) groups excluding carboxylic acids is 1. The Morgan fingerprint density at radius 1 is 1.16 bits per heavy atom. The Morgan fingerprint density at radius 2 is 1.91 bits per heavy atom. The van der Waals surface area contributed by atoms with Gasteiger partial charge in [0, 0.05) is 12.1 Å². The molecule has 0 saturated carbocycles. The van der Waals surface area contributed by atoms with Crippen molar-refractivity contribution in [2.45, 2.75) is 31.0 Å². The number of aromatic amines is 1. The van der Waals surface area contributed by atoms with Crippen molar-refractivity contribution < 1.29 is 9.18 Å². The smallest absolute Gasteiger partial charge is 0.266 e. The highest BCUT2D eigenvalue weighted by Gasteiger charge is 2.16. The van der Waals surface area contributed by atoms with Crippen LogP contribution in [0.4, 0.5) is 4.39 Å². The summed E-state index contributed by atoms with van der Waals surface area (Å²) in [6.45, 7) is 1.97. The molecule has 2 N–H and O–H groups in total. The number of carbonyl (C=O) groups is 1. The Labute approximate surface area is 188 Å². The van der Waals surface area contributed by atoms with Crippen LogP contribution in [0, 0.1) is 5.82 Å². The minimum Gasteiger partial charge on any atom is -0.353 e. The molecule has 2 aromatic carbocycles. The third-order valence-electron chi connectivity index (χ3n) is 4.89. The number of aryl methyl sites for hydroxylation is 1. The fourth-order valence-corrected chi connectivity index (χ4v) is 4.05.